The average Bonchev–Trinajstić information content (AvgIpc) is 3.53. The van der Waals surface area contributed by atoms with Gasteiger partial charge in [-0.25, -0.2) is 15.0 Å². The SMILES string of the molecule is OC(CSC(=S)Nc1ncnc2nc[nH]c12)CN1CCN(C(c2ccccc2)(c2ccccc2)c2ccccc2)CC1. The van der Waals surface area contributed by atoms with E-state index in [1.165, 1.54) is 34.8 Å². The van der Waals surface area contributed by atoms with Crippen molar-refractivity contribution in [1.29, 1.82) is 0 Å². The van der Waals surface area contributed by atoms with E-state index in [4.69, 9.17) is 12.2 Å². The van der Waals surface area contributed by atoms with Gasteiger partial charge in [0.05, 0.1) is 18.0 Å². The molecule has 1 aliphatic rings. The minimum Gasteiger partial charge on any atom is -0.391 e. The summed E-state index contributed by atoms with van der Waals surface area (Å²) in [6.07, 6.45) is 2.52. The number of fused-ring (bicyclic) bond motifs is 1. The Balaban J connectivity index is 1.12. The van der Waals surface area contributed by atoms with Crippen molar-refractivity contribution < 1.29 is 5.11 Å². The van der Waals surface area contributed by atoms with Crippen LogP contribution in [-0.4, -0.2) is 83.7 Å². The predicted molar refractivity (Wildman–Crippen MR) is 174 cm³/mol. The highest BCUT2D eigenvalue weighted by Gasteiger charge is 2.43. The van der Waals surface area contributed by atoms with Gasteiger partial charge in [-0.2, -0.15) is 0 Å². The lowest BCUT2D eigenvalue weighted by Crippen LogP contribution is -2.57. The maximum Gasteiger partial charge on any atom is 0.182 e. The summed E-state index contributed by atoms with van der Waals surface area (Å²) in [5.74, 6) is 1.07. The normalized spacial score (nSPS) is 15.5. The molecule has 1 aliphatic heterocycles. The predicted octanol–water partition coefficient (Wildman–Crippen LogP) is 4.75. The van der Waals surface area contributed by atoms with Gasteiger partial charge in [-0.05, 0) is 16.7 Å². The average molecular weight is 596 g/mol. The number of piperazine rings is 1. The lowest BCUT2D eigenvalue weighted by molar-refractivity contribution is 0.0487. The van der Waals surface area contributed by atoms with Crippen LogP contribution in [0.1, 0.15) is 16.7 Å². The number of anilines is 1. The topological polar surface area (TPSA) is 93.2 Å². The van der Waals surface area contributed by atoms with Gasteiger partial charge in [-0.15, -0.1) is 0 Å². The number of aliphatic hydroxyl groups excluding tert-OH is 1. The zero-order valence-corrected chi connectivity index (χ0v) is 24.8. The minimum atomic E-state index is -0.513. The third-order valence-electron chi connectivity index (χ3n) is 7.74. The molecule has 42 heavy (non-hydrogen) atoms. The fourth-order valence-electron chi connectivity index (χ4n) is 5.87. The van der Waals surface area contributed by atoms with Gasteiger partial charge in [0.15, 0.2) is 11.5 Å². The van der Waals surface area contributed by atoms with Crippen LogP contribution in [0, 0.1) is 0 Å². The first-order chi connectivity index (χ1) is 20.6. The van der Waals surface area contributed by atoms with E-state index >= 15 is 0 Å². The number of β-amino-alcohol motifs (C(OH)–C–C–N with tert-alkyl or cyclic N) is 1. The van der Waals surface area contributed by atoms with Gasteiger partial charge in [0.2, 0.25) is 0 Å². The number of hydrogen-bond donors (Lipinski definition) is 3. The Morgan fingerprint density at radius 2 is 1.43 bits per heavy atom. The van der Waals surface area contributed by atoms with Crippen LogP contribution in [0.15, 0.2) is 104 Å². The number of hydrogen-bond acceptors (Lipinski definition) is 8. The second-order valence-electron chi connectivity index (χ2n) is 10.3. The van der Waals surface area contributed by atoms with Crippen LogP contribution in [0.25, 0.3) is 11.2 Å². The lowest BCUT2D eigenvalue weighted by Gasteiger charge is -2.49. The first-order valence-corrected chi connectivity index (χ1v) is 15.4. The zero-order valence-electron chi connectivity index (χ0n) is 23.1. The molecule has 0 spiro atoms. The van der Waals surface area contributed by atoms with Crippen LogP contribution >= 0.6 is 24.0 Å². The molecule has 214 valence electrons. The largest absolute Gasteiger partial charge is 0.391 e. The molecule has 1 fully saturated rings. The van der Waals surface area contributed by atoms with E-state index in [1.807, 2.05) is 0 Å². The lowest BCUT2D eigenvalue weighted by atomic mass is 9.75. The molecule has 3 aromatic carbocycles. The van der Waals surface area contributed by atoms with Gasteiger partial charge in [0.25, 0.3) is 0 Å². The van der Waals surface area contributed by atoms with Crippen molar-refractivity contribution in [3.63, 3.8) is 0 Å². The molecular formula is C32H33N7OS2. The Bertz CT molecular complexity index is 1500. The molecule has 1 unspecified atom stereocenters. The number of aromatic nitrogens is 4. The molecule has 3 N–H and O–H groups in total. The zero-order chi connectivity index (χ0) is 28.8. The summed E-state index contributed by atoms with van der Waals surface area (Å²) in [7, 11) is 0. The molecule has 5 aromatic rings. The van der Waals surface area contributed by atoms with E-state index in [9.17, 15) is 5.11 Å². The Kier molecular flexibility index (Phi) is 8.87. The maximum atomic E-state index is 10.9. The van der Waals surface area contributed by atoms with Gasteiger partial charge in [0, 0.05) is 38.5 Å². The van der Waals surface area contributed by atoms with E-state index < -0.39 is 11.6 Å². The highest BCUT2D eigenvalue weighted by atomic mass is 32.2. The summed E-state index contributed by atoms with van der Waals surface area (Å²) in [5, 5.41) is 14.0. The summed E-state index contributed by atoms with van der Waals surface area (Å²) in [5.41, 5.74) is 4.63. The molecule has 10 heteroatoms. The first kappa shape index (κ1) is 28.4. The summed E-state index contributed by atoms with van der Waals surface area (Å²) in [4.78, 5) is 20.5. The van der Waals surface area contributed by atoms with E-state index in [1.54, 1.807) is 6.33 Å². The molecule has 0 aliphatic carbocycles. The van der Waals surface area contributed by atoms with Crippen molar-refractivity contribution in [2.24, 2.45) is 0 Å². The van der Waals surface area contributed by atoms with Crippen LogP contribution in [0.3, 0.4) is 0 Å². The quantitative estimate of drug-likeness (QED) is 0.165. The highest BCUT2D eigenvalue weighted by molar-refractivity contribution is 8.23. The van der Waals surface area contributed by atoms with E-state index in [-0.39, 0.29) is 0 Å². The number of imidazole rings is 1. The summed E-state index contributed by atoms with van der Waals surface area (Å²) in [6.45, 7) is 4.05. The monoisotopic (exact) mass is 595 g/mol. The van der Waals surface area contributed by atoms with Crippen LogP contribution in [0.5, 0.6) is 0 Å². The van der Waals surface area contributed by atoms with Crippen molar-refractivity contribution in [2.75, 3.05) is 43.8 Å². The molecule has 1 saturated heterocycles. The van der Waals surface area contributed by atoms with Crippen LogP contribution in [-0.2, 0) is 5.54 Å². The Morgan fingerprint density at radius 3 is 2.00 bits per heavy atom. The van der Waals surface area contributed by atoms with E-state index in [0.29, 0.717) is 33.6 Å². The Labute approximate surface area is 255 Å². The summed E-state index contributed by atoms with van der Waals surface area (Å²) in [6, 6.07) is 32.4. The van der Waals surface area contributed by atoms with Gasteiger partial charge >= 0.3 is 0 Å². The van der Waals surface area contributed by atoms with Gasteiger partial charge in [0.1, 0.15) is 16.2 Å². The molecule has 6 rings (SSSR count). The number of thioether (sulfide) groups is 1. The summed E-state index contributed by atoms with van der Waals surface area (Å²) < 4.78 is 0.548. The molecule has 0 radical (unpaired) electrons. The van der Waals surface area contributed by atoms with Gasteiger partial charge < -0.3 is 15.4 Å². The fraction of sp³-hybridized carbons (Fsp3) is 0.250. The second-order valence-corrected chi connectivity index (χ2v) is 12.0. The molecule has 8 nitrogen and oxygen atoms in total. The highest BCUT2D eigenvalue weighted by Crippen LogP contribution is 2.42. The second kappa shape index (κ2) is 13.1. The number of rotatable bonds is 9. The third-order valence-corrected chi connectivity index (χ3v) is 9.11. The van der Waals surface area contributed by atoms with Crippen LogP contribution in [0.2, 0.25) is 0 Å². The van der Waals surface area contributed by atoms with Gasteiger partial charge in [-0.3, -0.25) is 9.80 Å². The van der Waals surface area contributed by atoms with Crippen LogP contribution in [0.4, 0.5) is 5.82 Å². The third kappa shape index (κ3) is 5.95. The standard InChI is InChI=1S/C32H33N7OS2/c40-27(21-42-31(41)37-30-28-29(34-22-33-28)35-23-36-30)20-38-16-18-39(19-17-38)32(24-10-4-1-5-11-24,25-12-6-2-7-13-25)26-14-8-3-9-15-26/h1-15,22-23,27,40H,16-21H2,(H2,33,34,35,36,37,41). The smallest absolute Gasteiger partial charge is 0.182 e. The molecular weight excluding hydrogens is 563 g/mol. The number of benzene rings is 3. The number of nitrogens with zero attached hydrogens (tertiary/aromatic N) is 5. The first-order valence-electron chi connectivity index (χ1n) is 14.0. The van der Waals surface area contributed by atoms with Crippen molar-refractivity contribution >= 4 is 45.3 Å². The van der Waals surface area contributed by atoms with Crippen molar-refractivity contribution in [3.8, 4) is 0 Å². The number of H-pyrrole nitrogens is 1. The van der Waals surface area contributed by atoms with Crippen molar-refractivity contribution in [2.45, 2.75) is 11.6 Å². The molecule has 0 amide bonds. The van der Waals surface area contributed by atoms with Crippen LogP contribution < -0.4 is 5.32 Å². The molecule has 3 heterocycles. The van der Waals surface area contributed by atoms with Crippen molar-refractivity contribution in [3.05, 3.63) is 120 Å². The number of thiocarbonyl (C=S) groups is 1. The van der Waals surface area contributed by atoms with E-state index in [0.717, 1.165) is 26.2 Å². The molecule has 0 bridgehead atoms. The summed E-state index contributed by atoms with van der Waals surface area (Å²) >= 11 is 6.93. The number of aliphatic hydroxyl groups is 1. The fourth-order valence-corrected chi connectivity index (χ4v) is 6.79. The molecule has 2 aromatic heterocycles. The maximum absolute atomic E-state index is 10.9. The number of nitrogens with one attached hydrogen (secondary N) is 2. The van der Waals surface area contributed by atoms with E-state index in [2.05, 4.69) is 126 Å². The Morgan fingerprint density at radius 1 is 0.857 bits per heavy atom. The molecule has 0 saturated carbocycles. The molecule has 1 atom stereocenters. The van der Waals surface area contributed by atoms with Gasteiger partial charge in [-0.1, -0.05) is 115 Å². The Hall–Kier alpha value is -3.67. The minimum absolute atomic E-state index is 0.413. The van der Waals surface area contributed by atoms with Crippen molar-refractivity contribution in [1.82, 2.24) is 29.7 Å². The number of aromatic amines is 1.